The van der Waals surface area contributed by atoms with Gasteiger partial charge in [0, 0.05) is 18.8 Å². The topological polar surface area (TPSA) is 75.1 Å². The normalized spacial score (nSPS) is 21.5. The van der Waals surface area contributed by atoms with Gasteiger partial charge in [0.2, 0.25) is 0 Å². The van der Waals surface area contributed by atoms with E-state index in [0.717, 1.165) is 44.1 Å². The van der Waals surface area contributed by atoms with Crippen LogP contribution in [0.25, 0.3) is 0 Å². The fourth-order valence-electron chi connectivity index (χ4n) is 4.21. The van der Waals surface area contributed by atoms with Gasteiger partial charge in [0.05, 0.1) is 12.2 Å². The molecule has 1 aromatic carbocycles. The third kappa shape index (κ3) is 4.77. The monoisotopic (exact) mass is 382 g/mol. The Hall–Kier alpha value is -2.25. The van der Waals surface area contributed by atoms with E-state index in [9.17, 15) is 4.79 Å². The Morgan fingerprint density at radius 3 is 2.75 bits per heavy atom. The molecule has 1 atom stereocenters. The summed E-state index contributed by atoms with van der Waals surface area (Å²) in [7, 11) is 0. The molecule has 2 aliphatic heterocycles. The molecule has 28 heavy (non-hydrogen) atoms. The Kier molecular flexibility index (Phi) is 6.02. The number of nitrogens with zero attached hydrogens (tertiary/aromatic N) is 4. The highest BCUT2D eigenvalue weighted by molar-refractivity contribution is 6.02. The number of hydrogen-bond acceptors (Lipinski definition) is 5. The highest BCUT2D eigenvalue weighted by atomic mass is 16.2. The van der Waals surface area contributed by atoms with Crippen molar-refractivity contribution < 1.29 is 4.79 Å². The highest BCUT2D eigenvalue weighted by Crippen LogP contribution is 2.20. The van der Waals surface area contributed by atoms with Crippen LogP contribution in [0.4, 0.5) is 5.69 Å². The fourth-order valence-corrected chi connectivity index (χ4v) is 4.21. The molecule has 1 amide bonds. The summed E-state index contributed by atoms with van der Waals surface area (Å²) in [4.78, 5) is 15.0. The number of rotatable bonds is 5. The third-order valence-electron chi connectivity index (χ3n) is 5.78. The number of benzene rings is 1. The Balaban J connectivity index is 1.32. The van der Waals surface area contributed by atoms with E-state index >= 15 is 0 Å². The van der Waals surface area contributed by atoms with E-state index < -0.39 is 0 Å². The fraction of sp³-hybridized carbons (Fsp3) is 0.571. The zero-order valence-corrected chi connectivity index (χ0v) is 16.6. The zero-order valence-electron chi connectivity index (χ0n) is 16.6. The van der Waals surface area contributed by atoms with Crippen LogP contribution < -0.4 is 10.6 Å². The molecule has 2 fully saturated rings. The molecule has 0 bridgehead atoms. The van der Waals surface area contributed by atoms with Crippen LogP contribution in [0.2, 0.25) is 0 Å². The Morgan fingerprint density at radius 2 is 2.00 bits per heavy atom. The lowest BCUT2D eigenvalue weighted by atomic mass is 10.00. The first kappa shape index (κ1) is 19.1. The number of carbonyl (C=O) groups is 1. The maximum Gasteiger partial charge on any atom is 0.277 e. The number of nitrogens with one attached hydrogen (secondary N) is 2. The summed E-state index contributed by atoms with van der Waals surface area (Å²) >= 11 is 0. The SMILES string of the molecule is CC1CCCN(Cc2ccc(NC(=O)c3cn(C4CCNCC4)nn3)cc2)C1. The van der Waals surface area contributed by atoms with Crippen molar-refractivity contribution in [2.24, 2.45) is 5.92 Å². The first-order valence-electron chi connectivity index (χ1n) is 10.4. The van der Waals surface area contributed by atoms with Gasteiger partial charge in [0.15, 0.2) is 5.69 Å². The summed E-state index contributed by atoms with van der Waals surface area (Å²) in [5.74, 6) is 0.573. The summed E-state index contributed by atoms with van der Waals surface area (Å²) < 4.78 is 1.83. The highest BCUT2D eigenvalue weighted by Gasteiger charge is 2.19. The lowest BCUT2D eigenvalue weighted by molar-refractivity contribution is 0.102. The first-order chi connectivity index (χ1) is 13.7. The van der Waals surface area contributed by atoms with E-state index in [1.165, 1.54) is 31.5 Å². The molecule has 4 rings (SSSR count). The van der Waals surface area contributed by atoms with Gasteiger partial charge in [-0.2, -0.15) is 0 Å². The average molecular weight is 383 g/mol. The minimum atomic E-state index is -0.210. The van der Waals surface area contributed by atoms with Crippen molar-refractivity contribution in [1.82, 2.24) is 25.2 Å². The molecule has 7 nitrogen and oxygen atoms in total. The van der Waals surface area contributed by atoms with Crippen LogP contribution in [0.3, 0.4) is 0 Å². The third-order valence-corrected chi connectivity index (χ3v) is 5.78. The summed E-state index contributed by atoms with van der Waals surface area (Å²) in [5, 5.41) is 14.5. The molecule has 0 radical (unpaired) electrons. The van der Waals surface area contributed by atoms with Crippen molar-refractivity contribution in [1.29, 1.82) is 0 Å². The summed E-state index contributed by atoms with van der Waals surface area (Å²) in [6, 6.07) is 8.46. The predicted octanol–water partition coefficient (Wildman–Crippen LogP) is 2.69. The second kappa shape index (κ2) is 8.84. The quantitative estimate of drug-likeness (QED) is 0.832. The van der Waals surface area contributed by atoms with Crippen LogP contribution in [0.5, 0.6) is 0 Å². The Labute approximate surface area is 166 Å². The van der Waals surface area contributed by atoms with E-state index in [2.05, 4.69) is 44.9 Å². The molecule has 1 aromatic heterocycles. The number of amides is 1. The molecular weight excluding hydrogens is 352 g/mol. The van der Waals surface area contributed by atoms with Crippen molar-refractivity contribution >= 4 is 11.6 Å². The summed E-state index contributed by atoms with van der Waals surface area (Å²) in [6.45, 7) is 7.61. The zero-order chi connectivity index (χ0) is 19.3. The molecule has 7 heteroatoms. The summed E-state index contributed by atoms with van der Waals surface area (Å²) in [6.07, 6.45) is 6.41. The van der Waals surface area contributed by atoms with Crippen molar-refractivity contribution in [3.63, 3.8) is 0 Å². The van der Waals surface area contributed by atoms with E-state index in [4.69, 9.17) is 0 Å². The molecule has 2 aromatic rings. The second-order valence-corrected chi connectivity index (χ2v) is 8.20. The van der Waals surface area contributed by atoms with E-state index in [-0.39, 0.29) is 5.91 Å². The Bertz CT molecular complexity index is 780. The van der Waals surface area contributed by atoms with Crippen molar-refractivity contribution in [3.8, 4) is 0 Å². The minimum absolute atomic E-state index is 0.210. The van der Waals surface area contributed by atoms with Gasteiger partial charge in [-0.05, 0) is 68.9 Å². The van der Waals surface area contributed by atoms with E-state index in [1.807, 2.05) is 16.8 Å². The lowest BCUT2D eigenvalue weighted by Gasteiger charge is -2.30. The maximum atomic E-state index is 12.5. The number of carbonyl (C=O) groups excluding carboxylic acids is 1. The van der Waals surface area contributed by atoms with Crippen LogP contribution in [0, 0.1) is 5.92 Å². The first-order valence-corrected chi connectivity index (χ1v) is 10.4. The van der Waals surface area contributed by atoms with Gasteiger partial charge in [-0.1, -0.05) is 24.3 Å². The van der Waals surface area contributed by atoms with Gasteiger partial charge >= 0.3 is 0 Å². The average Bonchev–Trinajstić information content (AvgIpc) is 3.21. The van der Waals surface area contributed by atoms with Crippen LogP contribution >= 0.6 is 0 Å². The molecule has 150 valence electrons. The molecular formula is C21H30N6O. The molecule has 0 aliphatic carbocycles. The molecule has 0 saturated carbocycles. The number of hydrogen-bond donors (Lipinski definition) is 2. The van der Waals surface area contributed by atoms with Gasteiger partial charge in [0.25, 0.3) is 5.91 Å². The van der Waals surface area contributed by atoms with E-state index in [0.29, 0.717) is 11.7 Å². The van der Waals surface area contributed by atoms with Gasteiger partial charge in [-0.25, -0.2) is 4.68 Å². The minimum Gasteiger partial charge on any atom is -0.321 e. The van der Waals surface area contributed by atoms with Gasteiger partial charge in [0.1, 0.15) is 0 Å². The smallest absolute Gasteiger partial charge is 0.277 e. The van der Waals surface area contributed by atoms with E-state index in [1.54, 1.807) is 6.20 Å². The number of piperidine rings is 2. The van der Waals surface area contributed by atoms with Crippen molar-refractivity contribution in [3.05, 3.63) is 41.7 Å². The summed E-state index contributed by atoms with van der Waals surface area (Å²) in [5.41, 5.74) is 2.44. The predicted molar refractivity (Wildman–Crippen MR) is 109 cm³/mol. The van der Waals surface area contributed by atoms with Gasteiger partial charge < -0.3 is 10.6 Å². The molecule has 1 unspecified atom stereocenters. The molecule has 2 N–H and O–H groups in total. The largest absolute Gasteiger partial charge is 0.321 e. The number of likely N-dealkylation sites (tertiary alicyclic amines) is 1. The number of aromatic nitrogens is 3. The van der Waals surface area contributed by atoms with Crippen LogP contribution in [-0.2, 0) is 6.54 Å². The molecule has 2 aliphatic rings. The van der Waals surface area contributed by atoms with Crippen LogP contribution in [0.1, 0.15) is 54.7 Å². The van der Waals surface area contributed by atoms with Gasteiger partial charge in [-0.3, -0.25) is 9.69 Å². The van der Waals surface area contributed by atoms with Crippen molar-refractivity contribution in [2.75, 3.05) is 31.5 Å². The number of anilines is 1. The van der Waals surface area contributed by atoms with Crippen LogP contribution in [0.15, 0.2) is 30.5 Å². The second-order valence-electron chi connectivity index (χ2n) is 8.20. The lowest BCUT2D eigenvalue weighted by Crippen LogP contribution is -2.33. The van der Waals surface area contributed by atoms with Crippen molar-refractivity contribution in [2.45, 2.75) is 45.2 Å². The standard InChI is InChI=1S/C21H30N6O/c1-16-3-2-12-26(13-16)14-17-4-6-18(7-5-17)23-21(28)20-15-27(25-24-20)19-8-10-22-11-9-19/h4-7,15-16,19,22H,2-3,8-14H2,1H3,(H,23,28). The van der Waals surface area contributed by atoms with Gasteiger partial charge in [-0.15, -0.1) is 5.10 Å². The Morgan fingerprint density at radius 1 is 1.21 bits per heavy atom. The molecule has 2 saturated heterocycles. The maximum absolute atomic E-state index is 12.5. The molecule has 0 spiro atoms. The molecule has 3 heterocycles. The van der Waals surface area contributed by atoms with Crippen LogP contribution in [-0.4, -0.2) is 52.0 Å².